The molecule has 2 atom stereocenters. The van der Waals surface area contributed by atoms with Crippen LogP contribution in [-0.2, 0) is 15.0 Å². The molecule has 176 valence electrons. The first kappa shape index (κ1) is 27.9. The van der Waals surface area contributed by atoms with Gasteiger partial charge in [-0.1, -0.05) is 104 Å². The summed E-state index contributed by atoms with van der Waals surface area (Å²) in [4.78, 5) is 29.5. The van der Waals surface area contributed by atoms with Gasteiger partial charge in [-0.15, -0.1) is 0 Å². The molecule has 0 aliphatic carbocycles. The van der Waals surface area contributed by atoms with Gasteiger partial charge in [0.25, 0.3) is 0 Å². The zero-order chi connectivity index (χ0) is 24.3. The van der Waals surface area contributed by atoms with Crippen molar-refractivity contribution in [2.75, 3.05) is 25.5 Å². The average Bonchev–Trinajstić information content (AvgIpc) is 3.31. The molecule has 1 saturated heterocycles. The van der Waals surface area contributed by atoms with Gasteiger partial charge < -0.3 is 9.80 Å². The predicted molar refractivity (Wildman–Crippen MR) is 138 cm³/mol. The van der Waals surface area contributed by atoms with E-state index in [0.717, 1.165) is 11.1 Å². The van der Waals surface area contributed by atoms with Gasteiger partial charge in [-0.25, -0.2) is 0 Å². The van der Waals surface area contributed by atoms with Crippen LogP contribution in [0, 0.1) is 0 Å². The number of amides is 2. The third-order valence-electron chi connectivity index (χ3n) is 5.83. The molecule has 2 aromatic carbocycles. The number of alkyl halides is 1. The van der Waals surface area contributed by atoms with Gasteiger partial charge in [0, 0.05) is 26.1 Å². The second-order valence-corrected chi connectivity index (χ2v) is 8.48. The minimum Gasteiger partial charge on any atom is -0.340 e. The van der Waals surface area contributed by atoms with Crippen LogP contribution in [0.15, 0.2) is 60.7 Å². The molecule has 1 fully saturated rings. The van der Waals surface area contributed by atoms with E-state index in [9.17, 15) is 9.59 Å². The van der Waals surface area contributed by atoms with Gasteiger partial charge in [0.05, 0.1) is 16.8 Å². The van der Waals surface area contributed by atoms with E-state index >= 15 is 0 Å². The Balaban J connectivity index is 0.00000121. The molecule has 0 bridgehead atoms. The van der Waals surface area contributed by atoms with Crippen LogP contribution < -0.4 is 0 Å². The van der Waals surface area contributed by atoms with E-state index in [1.165, 1.54) is 0 Å². The van der Waals surface area contributed by atoms with Crippen molar-refractivity contribution in [3.05, 3.63) is 71.8 Å². The molecule has 32 heavy (non-hydrogen) atoms. The van der Waals surface area contributed by atoms with Crippen LogP contribution in [0.25, 0.3) is 0 Å². The fraction of sp³-hybridized carbons (Fsp3) is 0.481. The van der Waals surface area contributed by atoms with Crippen molar-refractivity contribution in [2.24, 2.45) is 0 Å². The van der Waals surface area contributed by atoms with Crippen LogP contribution in [-0.4, -0.2) is 53.1 Å². The van der Waals surface area contributed by atoms with Gasteiger partial charge >= 0.3 is 0 Å². The Morgan fingerprint density at radius 1 is 0.938 bits per heavy atom. The summed E-state index contributed by atoms with van der Waals surface area (Å²) in [5, 5.41) is 0.300. The summed E-state index contributed by atoms with van der Waals surface area (Å²) in [7, 11) is 1.87. The second-order valence-electron chi connectivity index (χ2n) is 7.92. The molecule has 0 N–H and O–H groups in total. The number of halogens is 1. The van der Waals surface area contributed by atoms with Gasteiger partial charge in [0.15, 0.2) is 0 Å². The minimum atomic E-state index is -0.635. The van der Waals surface area contributed by atoms with Gasteiger partial charge in [0.2, 0.25) is 11.8 Å². The van der Waals surface area contributed by atoms with Gasteiger partial charge in [-0.3, -0.25) is 9.59 Å². The largest absolute Gasteiger partial charge is 0.340 e. The highest BCUT2D eigenvalue weighted by atomic mass is 79.9. The molecule has 1 heterocycles. The molecule has 0 saturated carbocycles. The van der Waals surface area contributed by atoms with E-state index < -0.39 is 5.41 Å². The second kappa shape index (κ2) is 13.4. The van der Waals surface area contributed by atoms with E-state index in [1.807, 2.05) is 107 Å². The van der Waals surface area contributed by atoms with Crippen LogP contribution in [0.4, 0.5) is 0 Å². The topological polar surface area (TPSA) is 40.6 Å². The molecule has 2 aromatic rings. The maximum absolute atomic E-state index is 13.5. The highest BCUT2D eigenvalue weighted by molar-refractivity contribution is 9.09. The molecule has 0 unspecified atom stereocenters. The average molecular weight is 504 g/mol. The van der Waals surface area contributed by atoms with Crippen molar-refractivity contribution in [2.45, 2.75) is 58.9 Å². The van der Waals surface area contributed by atoms with Crippen molar-refractivity contribution in [3.63, 3.8) is 0 Å². The Bertz CT molecular complexity index is 824. The van der Waals surface area contributed by atoms with Gasteiger partial charge in [-0.05, 0) is 25.0 Å². The summed E-state index contributed by atoms with van der Waals surface area (Å²) in [6, 6.07) is 20.0. The SMILES string of the molecule is CC.CC.CN(C(=O)C(C)(C)c1ccccc1)[C@@H]1CN(C(=O)CBr)C[C@H]1c1ccccc1. The third kappa shape index (κ3) is 6.44. The summed E-state index contributed by atoms with van der Waals surface area (Å²) in [6.07, 6.45) is 0. The first-order valence-electron chi connectivity index (χ1n) is 11.6. The Hall–Kier alpha value is -2.14. The molecule has 0 aromatic heterocycles. The van der Waals surface area contributed by atoms with Crippen LogP contribution in [0.3, 0.4) is 0 Å². The van der Waals surface area contributed by atoms with Crippen LogP contribution in [0.1, 0.15) is 58.6 Å². The zero-order valence-electron chi connectivity index (χ0n) is 20.6. The quantitative estimate of drug-likeness (QED) is 0.480. The van der Waals surface area contributed by atoms with Crippen molar-refractivity contribution >= 4 is 27.7 Å². The third-order valence-corrected chi connectivity index (χ3v) is 6.31. The highest BCUT2D eigenvalue weighted by Gasteiger charge is 2.43. The molecule has 1 aliphatic rings. The van der Waals surface area contributed by atoms with E-state index in [-0.39, 0.29) is 23.8 Å². The summed E-state index contributed by atoms with van der Waals surface area (Å²) in [5.74, 6) is 0.231. The Morgan fingerprint density at radius 3 is 1.94 bits per heavy atom. The lowest BCUT2D eigenvalue weighted by atomic mass is 9.82. The first-order valence-corrected chi connectivity index (χ1v) is 12.7. The number of rotatable bonds is 5. The predicted octanol–water partition coefficient (Wildman–Crippen LogP) is 5.86. The van der Waals surface area contributed by atoms with Crippen molar-refractivity contribution in [3.8, 4) is 0 Å². The van der Waals surface area contributed by atoms with Crippen molar-refractivity contribution < 1.29 is 9.59 Å². The lowest BCUT2D eigenvalue weighted by molar-refractivity contribution is -0.137. The van der Waals surface area contributed by atoms with Crippen LogP contribution >= 0.6 is 15.9 Å². The fourth-order valence-corrected chi connectivity index (χ4v) is 4.42. The number of benzene rings is 2. The van der Waals surface area contributed by atoms with Gasteiger partial charge in [0.1, 0.15) is 0 Å². The smallest absolute Gasteiger partial charge is 0.233 e. The summed E-state index contributed by atoms with van der Waals surface area (Å²) in [5.41, 5.74) is 1.52. The monoisotopic (exact) mass is 502 g/mol. The normalized spacial score (nSPS) is 17.4. The number of carbonyl (C=O) groups excluding carboxylic acids is 2. The highest BCUT2D eigenvalue weighted by Crippen LogP contribution is 2.34. The molecular formula is C27H39BrN2O2. The van der Waals surface area contributed by atoms with E-state index in [2.05, 4.69) is 28.1 Å². The lowest BCUT2D eigenvalue weighted by Crippen LogP contribution is -2.49. The number of carbonyl (C=O) groups is 2. The number of likely N-dealkylation sites (N-methyl/N-ethyl adjacent to an activating group) is 1. The number of nitrogens with zero attached hydrogens (tertiary/aromatic N) is 2. The number of hydrogen-bond donors (Lipinski definition) is 0. The molecule has 0 spiro atoms. The van der Waals surface area contributed by atoms with E-state index in [4.69, 9.17) is 0 Å². The Morgan fingerprint density at radius 2 is 1.44 bits per heavy atom. The Labute approximate surface area is 203 Å². The zero-order valence-corrected chi connectivity index (χ0v) is 22.2. The van der Waals surface area contributed by atoms with Crippen molar-refractivity contribution in [1.29, 1.82) is 0 Å². The van der Waals surface area contributed by atoms with Gasteiger partial charge in [-0.2, -0.15) is 0 Å². The van der Waals surface area contributed by atoms with Crippen molar-refractivity contribution in [1.82, 2.24) is 9.80 Å². The van der Waals surface area contributed by atoms with Crippen LogP contribution in [0.2, 0.25) is 0 Å². The van der Waals surface area contributed by atoms with E-state index in [1.54, 1.807) is 0 Å². The molecule has 1 aliphatic heterocycles. The number of likely N-dealkylation sites (tertiary alicyclic amines) is 1. The standard InChI is InChI=1S/C23H27BrN2O2.2C2H6/c1-23(2,18-12-8-5-9-13-18)22(28)25(3)20-16-26(21(27)14-24)15-19(20)17-10-6-4-7-11-17;2*1-2/h4-13,19-20H,14-16H2,1-3H3;2*1-2H3/t19-,20+;;/m0../s1. The molecule has 5 heteroatoms. The van der Waals surface area contributed by atoms with E-state index in [0.29, 0.717) is 18.4 Å². The maximum Gasteiger partial charge on any atom is 0.233 e. The summed E-state index contributed by atoms with van der Waals surface area (Å²) >= 11 is 3.28. The molecule has 4 nitrogen and oxygen atoms in total. The molecule has 2 amide bonds. The fourth-order valence-electron chi connectivity index (χ4n) is 4.06. The maximum atomic E-state index is 13.5. The molecule has 3 rings (SSSR count). The first-order chi connectivity index (χ1) is 15.4. The minimum absolute atomic E-state index is 0.0547. The lowest BCUT2D eigenvalue weighted by Gasteiger charge is -2.35. The van der Waals surface area contributed by atoms with Crippen LogP contribution in [0.5, 0.6) is 0 Å². The Kier molecular flexibility index (Phi) is 11.7. The summed E-state index contributed by atoms with van der Waals surface area (Å²) < 4.78 is 0. The molecule has 0 radical (unpaired) electrons. The number of hydrogen-bond acceptors (Lipinski definition) is 2. The molecular weight excluding hydrogens is 464 g/mol. The summed E-state index contributed by atoms with van der Waals surface area (Å²) in [6.45, 7) is 13.1.